The second-order valence-corrected chi connectivity index (χ2v) is 16.9. The first kappa shape index (κ1) is 54.2. The number of hydrogen-bond donors (Lipinski definition) is 5. The molecule has 0 spiro atoms. The van der Waals surface area contributed by atoms with E-state index in [1.807, 2.05) is 71.9 Å². The Hall–Kier alpha value is -8.70. The topological polar surface area (TPSA) is 274 Å². The fourth-order valence-corrected chi connectivity index (χ4v) is 8.05. The quantitative estimate of drug-likeness (QED) is 0.0763. The molecule has 72 heavy (non-hydrogen) atoms. The number of carbonyl (C=O) groups is 4. The monoisotopic (exact) mass is 972 g/mol. The van der Waals surface area contributed by atoms with E-state index in [2.05, 4.69) is 35.2 Å². The van der Waals surface area contributed by atoms with E-state index in [0.717, 1.165) is 66.7 Å². The molecule has 6 aromatic heterocycles. The molecule has 0 unspecified atom stereocenters. The zero-order chi connectivity index (χ0) is 51.5. The number of carboxylic acids is 1. The molecule has 0 fully saturated rings. The van der Waals surface area contributed by atoms with Crippen molar-refractivity contribution >= 4 is 57.3 Å². The van der Waals surface area contributed by atoms with Gasteiger partial charge in [-0.05, 0) is 159 Å². The van der Waals surface area contributed by atoms with Crippen LogP contribution in [0.5, 0.6) is 0 Å². The number of nitrogen functional groups attached to an aromatic ring is 2. The fraction of sp³-hybridized carbons (Fsp3) is 0.236. The van der Waals surface area contributed by atoms with Crippen molar-refractivity contribution in [2.75, 3.05) is 25.7 Å². The van der Waals surface area contributed by atoms with Crippen LogP contribution in [0, 0.1) is 41.5 Å². The smallest absolute Gasteiger partial charge is 0.340 e. The normalized spacial score (nSPS) is 10.5. The molecule has 0 aliphatic rings. The van der Waals surface area contributed by atoms with Crippen LogP contribution >= 0.6 is 0 Å². The third-order valence-electron chi connectivity index (χ3n) is 11.5. The number of amides is 1. The number of esters is 2. The van der Waals surface area contributed by atoms with Crippen molar-refractivity contribution in [2.24, 2.45) is 5.73 Å². The van der Waals surface area contributed by atoms with Crippen molar-refractivity contribution in [1.29, 1.82) is 0 Å². The highest BCUT2D eigenvalue weighted by atomic mass is 16.5. The van der Waals surface area contributed by atoms with Crippen molar-refractivity contribution in [3.63, 3.8) is 0 Å². The number of ether oxygens (including phenoxy) is 2. The van der Waals surface area contributed by atoms with Gasteiger partial charge in [-0.15, -0.1) is 0 Å². The maximum absolute atomic E-state index is 12.8. The van der Waals surface area contributed by atoms with Crippen molar-refractivity contribution in [3.8, 4) is 0 Å². The number of pyridine rings is 6. The van der Waals surface area contributed by atoms with Crippen LogP contribution in [0.3, 0.4) is 0 Å². The van der Waals surface area contributed by atoms with Crippen LogP contribution in [-0.2, 0) is 35.4 Å². The van der Waals surface area contributed by atoms with Gasteiger partial charge in [0.15, 0.2) is 0 Å². The standard InChI is InChI=1S/C26H25N5O3.C20H18N2O4.C8H13N3.CH4/c1-14-6-19-8-17(10-21(26(33)34)24(19)29-12-14)9-20-11-18(4-5-28-20)25(32)30-13-22-15(2)7-23(27)31-16(22)3;1-12-6-15-7-13(9-17(20(24)26-3)18(15)22-11-12)8-16-10-14(4-5-21-16)19(23)25-2;1-5-3-8(10)11-6(2)7(5)4-9;/h4-8,10-12H,9,13H2,1-3H3,(H2,27,31)(H,30,32)(H,33,34);4-7,9-11H,8H2,1-3H3;3H,4,9H2,1-2H3,(H2,10,11);1H4. The molecular formula is C55H60N10O7. The van der Waals surface area contributed by atoms with Crippen molar-refractivity contribution in [2.45, 2.75) is 74.9 Å². The fourth-order valence-electron chi connectivity index (χ4n) is 8.05. The SMILES string of the molecule is C.COC(=O)c1ccnc(Cc2cc(C(=O)OC)c3ncc(C)cc3c2)c1.Cc1cc(N)nc(C)c1CN.Cc1cnc2c(C(=O)O)cc(Cc3cc(C(=O)NCc4c(C)cc(N)nc4C)ccn3)cc2c1. The molecule has 372 valence electrons. The van der Waals surface area contributed by atoms with Gasteiger partial charge < -0.3 is 37.1 Å². The number of benzene rings is 2. The number of aryl methyl sites for hydroxylation is 6. The van der Waals surface area contributed by atoms with Crippen LogP contribution < -0.4 is 22.5 Å². The lowest BCUT2D eigenvalue weighted by atomic mass is 10.0. The first-order valence-corrected chi connectivity index (χ1v) is 22.4. The summed E-state index contributed by atoms with van der Waals surface area (Å²) in [4.78, 5) is 74.1. The number of carboxylic acid groups (broad SMARTS) is 1. The maximum Gasteiger partial charge on any atom is 0.340 e. The van der Waals surface area contributed by atoms with E-state index in [-0.39, 0.29) is 18.9 Å². The lowest BCUT2D eigenvalue weighted by Gasteiger charge is -2.12. The van der Waals surface area contributed by atoms with Crippen molar-refractivity contribution in [1.82, 2.24) is 35.2 Å². The molecule has 0 aliphatic carbocycles. The molecule has 17 heteroatoms. The average Bonchev–Trinajstić information content (AvgIpc) is 3.32. The van der Waals surface area contributed by atoms with Gasteiger partial charge in [-0.2, -0.15) is 0 Å². The first-order chi connectivity index (χ1) is 33.9. The molecule has 8 aromatic rings. The van der Waals surface area contributed by atoms with Crippen LogP contribution in [0.1, 0.15) is 116 Å². The molecule has 17 nitrogen and oxygen atoms in total. The molecule has 0 saturated carbocycles. The number of rotatable bonds is 11. The Morgan fingerprint density at radius 3 is 1.56 bits per heavy atom. The van der Waals surface area contributed by atoms with Gasteiger partial charge >= 0.3 is 17.9 Å². The van der Waals surface area contributed by atoms with Gasteiger partial charge in [-0.1, -0.05) is 7.43 Å². The number of nitrogens with zero attached hydrogens (tertiary/aromatic N) is 6. The van der Waals surface area contributed by atoms with Crippen molar-refractivity contribution in [3.05, 3.63) is 187 Å². The molecule has 8 rings (SSSR count). The lowest BCUT2D eigenvalue weighted by molar-refractivity contribution is 0.0592. The largest absolute Gasteiger partial charge is 0.478 e. The minimum Gasteiger partial charge on any atom is -0.478 e. The summed E-state index contributed by atoms with van der Waals surface area (Å²) < 4.78 is 9.63. The van der Waals surface area contributed by atoms with E-state index >= 15 is 0 Å². The molecule has 0 saturated heterocycles. The number of methoxy groups -OCH3 is 2. The summed E-state index contributed by atoms with van der Waals surface area (Å²) in [5, 5.41) is 14.2. The van der Waals surface area contributed by atoms with E-state index in [4.69, 9.17) is 26.7 Å². The van der Waals surface area contributed by atoms with Crippen molar-refractivity contribution < 1.29 is 33.8 Å². The zero-order valence-electron chi connectivity index (χ0n) is 40.9. The van der Waals surface area contributed by atoms with Crippen LogP contribution in [0.25, 0.3) is 21.8 Å². The number of anilines is 2. The minimum absolute atomic E-state index is 0. The number of nitrogens with two attached hydrogens (primary N) is 3. The number of aromatic carboxylic acids is 1. The van der Waals surface area contributed by atoms with Gasteiger partial charge in [0.2, 0.25) is 0 Å². The van der Waals surface area contributed by atoms with E-state index < -0.39 is 17.9 Å². The molecule has 0 atom stereocenters. The molecule has 0 bridgehead atoms. The van der Waals surface area contributed by atoms with Gasteiger partial charge in [-0.3, -0.25) is 24.7 Å². The summed E-state index contributed by atoms with van der Waals surface area (Å²) in [6.45, 7) is 12.4. The molecule has 8 N–H and O–H groups in total. The molecule has 1 amide bonds. The highest BCUT2D eigenvalue weighted by Crippen LogP contribution is 2.25. The first-order valence-electron chi connectivity index (χ1n) is 22.4. The van der Waals surface area contributed by atoms with Gasteiger partial charge in [0.25, 0.3) is 5.91 Å². The van der Waals surface area contributed by atoms with E-state index in [1.54, 1.807) is 67.3 Å². The molecule has 6 heterocycles. The molecule has 2 aromatic carbocycles. The number of nitrogens with one attached hydrogen (secondary N) is 1. The Balaban J connectivity index is 0.000000223. The Kier molecular flexibility index (Phi) is 18.3. The Morgan fingerprint density at radius 2 is 1.07 bits per heavy atom. The van der Waals surface area contributed by atoms with Gasteiger partial charge in [0, 0.05) is 89.8 Å². The Morgan fingerprint density at radius 1 is 0.597 bits per heavy atom. The summed E-state index contributed by atoms with van der Waals surface area (Å²) in [7, 11) is 2.68. The molecule has 0 radical (unpaired) electrons. The van der Waals surface area contributed by atoms with Crippen LogP contribution in [0.4, 0.5) is 11.6 Å². The van der Waals surface area contributed by atoms with Gasteiger partial charge in [0.1, 0.15) is 11.6 Å². The van der Waals surface area contributed by atoms with E-state index in [1.165, 1.54) is 14.2 Å². The highest BCUT2D eigenvalue weighted by Gasteiger charge is 2.17. The number of aromatic nitrogens is 6. The summed E-state index contributed by atoms with van der Waals surface area (Å²) >= 11 is 0. The van der Waals surface area contributed by atoms with E-state index in [0.29, 0.717) is 76.7 Å². The number of fused-ring (bicyclic) bond motifs is 2. The highest BCUT2D eigenvalue weighted by molar-refractivity contribution is 6.03. The summed E-state index contributed by atoms with van der Waals surface area (Å²) in [6.07, 6.45) is 7.35. The Labute approximate surface area is 418 Å². The third kappa shape index (κ3) is 13.5. The van der Waals surface area contributed by atoms with Crippen LogP contribution in [-0.4, -0.2) is 73.0 Å². The van der Waals surface area contributed by atoms with Gasteiger partial charge in [-0.25, -0.2) is 24.4 Å². The maximum atomic E-state index is 12.8. The molecular weight excluding hydrogens is 913 g/mol. The predicted molar refractivity (Wildman–Crippen MR) is 279 cm³/mol. The van der Waals surface area contributed by atoms with Gasteiger partial charge in [0.05, 0.1) is 41.9 Å². The average molecular weight is 973 g/mol. The minimum atomic E-state index is -1.04. The van der Waals surface area contributed by atoms with E-state index in [9.17, 15) is 24.3 Å². The summed E-state index contributed by atoms with van der Waals surface area (Å²) in [5.41, 5.74) is 30.1. The van der Waals surface area contributed by atoms with Crippen LogP contribution in [0.15, 0.2) is 97.6 Å². The summed E-state index contributed by atoms with van der Waals surface area (Å²) in [6, 6.07) is 21.4. The predicted octanol–water partition coefficient (Wildman–Crippen LogP) is 8.23. The Bertz CT molecular complexity index is 3280. The summed E-state index contributed by atoms with van der Waals surface area (Å²) in [5.74, 6) is -1.10. The third-order valence-corrected chi connectivity index (χ3v) is 11.5. The number of hydrogen-bond acceptors (Lipinski definition) is 15. The van der Waals surface area contributed by atoms with Crippen LogP contribution in [0.2, 0.25) is 0 Å². The second kappa shape index (κ2) is 24.2. The molecule has 0 aliphatic heterocycles. The zero-order valence-corrected chi connectivity index (χ0v) is 40.9. The second-order valence-electron chi connectivity index (χ2n) is 16.9. The lowest BCUT2D eigenvalue weighted by Crippen LogP contribution is -2.24. The number of carbonyl (C=O) groups excluding carboxylic acids is 3.